The average molecular weight is 425 g/mol. The molecule has 3 aliphatic rings. The molecule has 6 nitrogen and oxygen atoms in total. The second kappa shape index (κ2) is 9.37. The van der Waals surface area contributed by atoms with Gasteiger partial charge in [-0.05, 0) is 74.9 Å². The molecule has 3 saturated heterocycles. The molecular formula is C25H32N2O4. The lowest BCUT2D eigenvalue weighted by atomic mass is 9.73. The first-order chi connectivity index (χ1) is 15.0. The Hall–Kier alpha value is -2.44. The Morgan fingerprint density at radius 1 is 1.35 bits per heavy atom. The van der Waals surface area contributed by atoms with Gasteiger partial charge in [-0.1, -0.05) is 6.08 Å². The first kappa shape index (κ1) is 21.8. The summed E-state index contributed by atoms with van der Waals surface area (Å²) >= 11 is 0. The van der Waals surface area contributed by atoms with Crippen LogP contribution < -0.4 is 4.74 Å². The molecule has 2 aromatic rings. The van der Waals surface area contributed by atoms with Gasteiger partial charge in [0.1, 0.15) is 12.4 Å². The summed E-state index contributed by atoms with van der Waals surface area (Å²) in [6.45, 7) is 9.69. The lowest BCUT2D eigenvalue weighted by molar-refractivity contribution is -0.158. The first-order valence-corrected chi connectivity index (χ1v) is 11.1. The van der Waals surface area contributed by atoms with Crippen LogP contribution in [0.3, 0.4) is 0 Å². The summed E-state index contributed by atoms with van der Waals surface area (Å²) in [6.07, 6.45) is 5.69. The third kappa shape index (κ3) is 4.60. The van der Waals surface area contributed by atoms with E-state index in [0.717, 1.165) is 41.7 Å². The Bertz CT molecular complexity index is 944. The van der Waals surface area contributed by atoms with Crippen LogP contribution in [0.5, 0.6) is 5.75 Å². The van der Waals surface area contributed by atoms with Crippen molar-refractivity contribution in [1.82, 2.24) is 9.88 Å². The molecule has 2 bridgehead atoms. The van der Waals surface area contributed by atoms with Crippen LogP contribution in [-0.4, -0.2) is 54.8 Å². The van der Waals surface area contributed by atoms with E-state index in [-0.39, 0.29) is 30.8 Å². The van der Waals surface area contributed by atoms with E-state index in [1.165, 1.54) is 6.42 Å². The van der Waals surface area contributed by atoms with E-state index < -0.39 is 0 Å². The van der Waals surface area contributed by atoms with E-state index in [2.05, 4.69) is 22.5 Å². The summed E-state index contributed by atoms with van der Waals surface area (Å²) in [5, 5.41) is 0.993. The highest BCUT2D eigenvalue weighted by Crippen LogP contribution is 2.43. The maximum absolute atomic E-state index is 12.3. The molecule has 1 aromatic carbocycles. The van der Waals surface area contributed by atoms with Gasteiger partial charge in [0, 0.05) is 24.2 Å². The van der Waals surface area contributed by atoms with Crippen molar-refractivity contribution in [3.63, 3.8) is 0 Å². The van der Waals surface area contributed by atoms with Crippen LogP contribution in [0.25, 0.3) is 10.9 Å². The molecule has 0 amide bonds. The number of methoxy groups -OCH3 is 1. The van der Waals surface area contributed by atoms with Gasteiger partial charge in [-0.3, -0.25) is 9.88 Å². The molecule has 0 saturated carbocycles. The molecule has 166 valence electrons. The summed E-state index contributed by atoms with van der Waals surface area (Å²) in [5.41, 5.74) is 1.92. The molecule has 3 fully saturated rings. The minimum atomic E-state index is -0.337. The molecule has 31 heavy (non-hydrogen) atoms. The van der Waals surface area contributed by atoms with E-state index in [1.54, 1.807) is 7.11 Å². The summed E-state index contributed by atoms with van der Waals surface area (Å²) in [6, 6.07) is 8.08. The molecule has 6 heteroatoms. The Kier molecular flexibility index (Phi) is 6.58. The van der Waals surface area contributed by atoms with Crippen LogP contribution in [0.15, 0.2) is 43.1 Å². The van der Waals surface area contributed by atoms with Crippen LogP contribution in [0.1, 0.15) is 38.4 Å². The maximum atomic E-state index is 12.3. The number of benzene rings is 1. The monoisotopic (exact) mass is 424 g/mol. The predicted molar refractivity (Wildman–Crippen MR) is 120 cm³/mol. The van der Waals surface area contributed by atoms with Gasteiger partial charge in [0.2, 0.25) is 0 Å². The van der Waals surface area contributed by atoms with Gasteiger partial charge in [-0.2, -0.15) is 0 Å². The number of pyridine rings is 1. The van der Waals surface area contributed by atoms with Gasteiger partial charge in [0.15, 0.2) is 0 Å². The Balaban J connectivity index is 1.69. The fourth-order valence-electron chi connectivity index (χ4n) is 5.08. The summed E-state index contributed by atoms with van der Waals surface area (Å²) in [7, 11) is 1.66. The van der Waals surface area contributed by atoms with Crippen molar-refractivity contribution in [3.8, 4) is 5.75 Å². The number of hydrogen-bond acceptors (Lipinski definition) is 6. The number of aromatic nitrogens is 1. The normalized spacial score (nSPS) is 26.1. The van der Waals surface area contributed by atoms with Crippen molar-refractivity contribution in [2.75, 3.05) is 26.8 Å². The summed E-state index contributed by atoms with van der Waals surface area (Å²) in [5.74, 6) is 1.56. The fourth-order valence-corrected chi connectivity index (χ4v) is 5.08. The maximum Gasteiger partial charge on any atom is 0.332 e. The molecule has 0 radical (unpaired) electrons. The highest BCUT2D eigenvalue weighted by molar-refractivity contribution is 5.84. The first-order valence-electron chi connectivity index (χ1n) is 11.1. The van der Waals surface area contributed by atoms with Gasteiger partial charge in [0.05, 0.1) is 24.8 Å². The quantitative estimate of drug-likeness (QED) is 0.469. The molecule has 3 aliphatic heterocycles. The largest absolute Gasteiger partial charge is 0.497 e. The zero-order chi connectivity index (χ0) is 22.0. The topological polar surface area (TPSA) is 60.9 Å². The highest BCUT2D eigenvalue weighted by Gasteiger charge is 2.43. The molecule has 5 rings (SSSR count). The molecule has 4 heterocycles. The van der Waals surface area contributed by atoms with Gasteiger partial charge in [0.25, 0.3) is 0 Å². The third-order valence-corrected chi connectivity index (χ3v) is 6.54. The molecule has 2 unspecified atom stereocenters. The Morgan fingerprint density at radius 3 is 2.87 bits per heavy atom. The SMILES string of the molecule is C=C[C@H]1CN2CCC1C[C@H]2[C@H](OCC(=O)OC(C)C)c1ccnc2ccc(OC)cc12. The number of nitrogens with zero attached hydrogens (tertiary/aromatic N) is 2. The number of carbonyl (C=O) groups is 1. The minimum Gasteiger partial charge on any atom is -0.497 e. The number of ether oxygens (including phenoxy) is 3. The van der Waals surface area contributed by atoms with Crippen LogP contribution >= 0.6 is 0 Å². The molecule has 5 atom stereocenters. The molecule has 0 N–H and O–H groups in total. The predicted octanol–water partition coefficient (Wildman–Crippen LogP) is 4.15. The smallest absolute Gasteiger partial charge is 0.332 e. The number of esters is 1. The van der Waals surface area contributed by atoms with Gasteiger partial charge < -0.3 is 14.2 Å². The Labute approximate surface area is 184 Å². The van der Waals surface area contributed by atoms with Crippen molar-refractivity contribution in [1.29, 1.82) is 0 Å². The van der Waals surface area contributed by atoms with E-state index in [4.69, 9.17) is 14.2 Å². The fraction of sp³-hybridized carbons (Fsp3) is 0.520. The zero-order valence-electron chi connectivity index (χ0n) is 18.6. The highest BCUT2D eigenvalue weighted by atomic mass is 16.6. The van der Waals surface area contributed by atoms with Crippen molar-refractivity contribution >= 4 is 16.9 Å². The second-order valence-corrected chi connectivity index (χ2v) is 8.80. The standard InChI is InChI=1S/C25H32N2O4/c1-5-17-14-27-11-9-18(17)12-23(27)25(30-15-24(28)31-16(2)3)20-8-10-26-22-7-6-19(29-4)13-21(20)22/h5-8,10,13,16-18,23,25H,1,9,11-12,14-15H2,2-4H3/t17-,18?,23-,25+/m0/s1. The number of carbonyl (C=O) groups excluding carboxylic acids is 1. The molecule has 1 aromatic heterocycles. The van der Waals surface area contributed by atoms with Crippen molar-refractivity contribution in [2.45, 2.75) is 44.9 Å². The molecular weight excluding hydrogens is 392 g/mol. The number of hydrogen-bond donors (Lipinski definition) is 0. The van der Waals surface area contributed by atoms with E-state index >= 15 is 0 Å². The van der Waals surface area contributed by atoms with Crippen molar-refractivity contribution < 1.29 is 19.0 Å². The summed E-state index contributed by atoms with van der Waals surface area (Å²) in [4.78, 5) is 19.3. The van der Waals surface area contributed by atoms with Crippen LogP contribution in [0.4, 0.5) is 0 Å². The zero-order valence-corrected chi connectivity index (χ0v) is 18.6. The number of rotatable bonds is 8. The van der Waals surface area contributed by atoms with E-state index in [0.29, 0.717) is 11.8 Å². The molecule has 0 spiro atoms. The summed E-state index contributed by atoms with van der Waals surface area (Å²) < 4.78 is 17.1. The lowest BCUT2D eigenvalue weighted by Crippen LogP contribution is -2.55. The van der Waals surface area contributed by atoms with E-state index in [9.17, 15) is 4.79 Å². The van der Waals surface area contributed by atoms with Crippen LogP contribution in [0.2, 0.25) is 0 Å². The number of fused-ring (bicyclic) bond motifs is 4. The minimum absolute atomic E-state index is 0.0729. The van der Waals surface area contributed by atoms with Gasteiger partial charge in [-0.25, -0.2) is 4.79 Å². The van der Waals surface area contributed by atoms with Crippen LogP contribution in [0, 0.1) is 11.8 Å². The molecule has 0 aliphatic carbocycles. The van der Waals surface area contributed by atoms with Crippen molar-refractivity contribution in [2.24, 2.45) is 11.8 Å². The average Bonchev–Trinajstić information content (AvgIpc) is 2.78. The van der Waals surface area contributed by atoms with E-state index in [1.807, 2.05) is 44.3 Å². The lowest BCUT2D eigenvalue weighted by Gasteiger charge is -2.51. The van der Waals surface area contributed by atoms with Crippen LogP contribution in [-0.2, 0) is 14.3 Å². The van der Waals surface area contributed by atoms with Crippen molar-refractivity contribution in [3.05, 3.63) is 48.7 Å². The third-order valence-electron chi connectivity index (χ3n) is 6.54. The van der Waals surface area contributed by atoms with Gasteiger partial charge >= 0.3 is 5.97 Å². The number of piperidine rings is 3. The van der Waals surface area contributed by atoms with Gasteiger partial charge in [-0.15, -0.1) is 6.58 Å². The second-order valence-electron chi connectivity index (χ2n) is 8.80. The Morgan fingerprint density at radius 2 is 2.19 bits per heavy atom.